The van der Waals surface area contributed by atoms with Crippen molar-refractivity contribution in [2.24, 2.45) is 5.92 Å². The number of esters is 1. The van der Waals surface area contributed by atoms with Crippen molar-refractivity contribution in [2.45, 2.75) is 45.1 Å². The number of ether oxygens (including phenoxy) is 1. The van der Waals surface area contributed by atoms with Crippen LogP contribution in [0.4, 0.5) is 0 Å². The Kier molecular flexibility index (Phi) is 2.76. The van der Waals surface area contributed by atoms with Crippen LogP contribution in [0.3, 0.4) is 0 Å². The smallest absolute Gasteiger partial charge is 0.310 e. The van der Waals surface area contributed by atoms with Crippen LogP contribution in [0, 0.1) is 5.92 Å². The Hall–Kier alpha value is -1.31. The van der Waals surface area contributed by atoms with Crippen molar-refractivity contribution >= 4 is 5.97 Å². The van der Waals surface area contributed by atoms with E-state index in [1.807, 2.05) is 39.0 Å². The van der Waals surface area contributed by atoms with E-state index in [2.05, 4.69) is 19.1 Å². The summed E-state index contributed by atoms with van der Waals surface area (Å²) in [7, 11) is 0. The zero-order chi connectivity index (χ0) is 12.7. The lowest BCUT2D eigenvalue weighted by Crippen LogP contribution is -2.26. The SMILES string of the molecule is CC(C)(C)OC(=O)[C@H]1C[C@]1(C)c1ccccc1. The Bertz CT molecular complexity index is 416. The number of rotatable bonds is 2. The fraction of sp³-hybridized carbons (Fsp3) is 0.533. The Balaban J connectivity index is 2.07. The predicted molar refractivity (Wildman–Crippen MR) is 67.7 cm³/mol. The number of carbonyl (C=O) groups excluding carboxylic acids is 1. The van der Waals surface area contributed by atoms with Crippen LogP contribution in [-0.4, -0.2) is 11.6 Å². The maximum Gasteiger partial charge on any atom is 0.310 e. The van der Waals surface area contributed by atoms with Gasteiger partial charge in [0.25, 0.3) is 0 Å². The Morgan fingerprint density at radius 3 is 2.41 bits per heavy atom. The lowest BCUT2D eigenvalue weighted by molar-refractivity contribution is -0.157. The van der Waals surface area contributed by atoms with Gasteiger partial charge >= 0.3 is 5.97 Å². The predicted octanol–water partition coefficient (Wildman–Crippen LogP) is 3.31. The van der Waals surface area contributed by atoms with E-state index in [0.717, 1.165) is 6.42 Å². The van der Waals surface area contributed by atoms with Crippen LogP contribution in [0.2, 0.25) is 0 Å². The summed E-state index contributed by atoms with van der Waals surface area (Å²) >= 11 is 0. The van der Waals surface area contributed by atoms with E-state index in [4.69, 9.17) is 4.74 Å². The molecule has 0 saturated heterocycles. The number of carbonyl (C=O) groups is 1. The summed E-state index contributed by atoms with van der Waals surface area (Å²) in [4.78, 5) is 12.0. The second kappa shape index (κ2) is 3.86. The van der Waals surface area contributed by atoms with Gasteiger partial charge < -0.3 is 4.74 Å². The van der Waals surface area contributed by atoms with E-state index < -0.39 is 5.60 Å². The normalized spacial score (nSPS) is 27.6. The van der Waals surface area contributed by atoms with Crippen molar-refractivity contribution in [3.8, 4) is 0 Å². The molecular formula is C15H20O2. The highest BCUT2D eigenvalue weighted by Crippen LogP contribution is 2.54. The number of benzene rings is 1. The van der Waals surface area contributed by atoms with E-state index in [1.54, 1.807) is 0 Å². The highest BCUT2D eigenvalue weighted by molar-refractivity contribution is 5.79. The Morgan fingerprint density at radius 1 is 1.29 bits per heavy atom. The van der Waals surface area contributed by atoms with E-state index in [1.165, 1.54) is 5.56 Å². The highest BCUT2D eigenvalue weighted by atomic mass is 16.6. The standard InChI is InChI=1S/C15H20O2/c1-14(2,3)17-13(16)12-10-15(12,4)11-8-6-5-7-9-11/h5-9,12H,10H2,1-4H3/t12-,15-/m1/s1. The molecular weight excluding hydrogens is 212 g/mol. The average Bonchev–Trinajstić information content (AvgIpc) is 2.92. The molecule has 2 nitrogen and oxygen atoms in total. The molecule has 1 saturated carbocycles. The van der Waals surface area contributed by atoms with Crippen LogP contribution in [0.15, 0.2) is 30.3 Å². The first-order valence-electron chi connectivity index (χ1n) is 6.11. The van der Waals surface area contributed by atoms with Gasteiger partial charge in [-0.25, -0.2) is 0 Å². The molecule has 0 aromatic heterocycles. The Morgan fingerprint density at radius 2 is 1.88 bits per heavy atom. The summed E-state index contributed by atoms with van der Waals surface area (Å²) < 4.78 is 5.44. The molecule has 0 aliphatic heterocycles. The molecule has 0 N–H and O–H groups in total. The van der Waals surface area contributed by atoms with Crippen molar-refractivity contribution in [1.29, 1.82) is 0 Å². The second-order valence-electron chi connectivity index (χ2n) is 6.07. The molecule has 2 rings (SSSR count). The van der Waals surface area contributed by atoms with Crippen molar-refractivity contribution in [1.82, 2.24) is 0 Å². The molecule has 2 heteroatoms. The van der Waals surface area contributed by atoms with Gasteiger partial charge in [0.15, 0.2) is 0 Å². The largest absolute Gasteiger partial charge is 0.460 e. The summed E-state index contributed by atoms with van der Waals surface area (Å²) in [5.41, 5.74) is 0.816. The highest BCUT2D eigenvalue weighted by Gasteiger charge is 2.56. The van der Waals surface area contributed by atoms with Crippen molar-refractivity contribution < 1.29 is 9.53 Å². The zero-order valence-electron chi connectivity index (χ0n) is 11.0. The molecule has 0 bridgehead atoms. The quantitative estimate of drug-likeness (QED) is 0.731. The van der Waals surface area contributed by atoms with E-state index in [-0.39, 0.29) is 17.3 Å². The van der Waals surface area contributed by atoms with E-state index >= 15 is 0 Å². The first-order chi connectivity index (χ1) is 7.83. The molecule has 0 amide bonds. The molecule has 1 aromatic rings. The topological polar surface area (TPSA) is 26.3 Å². The maximum absolute atomic E-state index is 12.0. The summed E-state index contributed by atoms with van der Waals surface area (Å²) in [5, 5.41) is 0. The lowest BCUT2D eigenvalue weighted by Gasteiger charge is -2.20. The van der Waals surface area contributed by atoms with Gasteiger partial charge in [-0.05, 0) is 32.8 Å². The summed E-state index contributed by atoms with van der Waals surface area (Å²) in [6.45, 7) is 7.87. The molecule has 0 unspecified atom stereocenters. The minimum atomic E-state index is -0.392. The third kappa shape index (κ3) is 2.51. The van der Waals surface area contributed by atoms with Gasteiger partial charge in [0.1, 0.15) is 5.60 Å². The number of hydrogen-bond acceptors (Lipinski definition) is 2. The van der Waals surface area contributed by atoms with Crippen LogP contribution in [0.25, 0.3) is 0 Å². The average molecular weight is 232 g/mol. The van der Waals surface area contributed by atoms with Crippen molar-refractivity contribution in [3.05, 3.63) is 35.9 Å². The van der Waals surface area contributed by atoms with Crippen LogP contribution in [-0.2, 0) is 14.9 Å². The summed E-state index contributed by atoms with van der Waals surface area (Å²) in [5.74, 6) is -0.0482. The molecule has 17 heavy (non-hydrogen) atoms. The molecule has 1 aromatic carbocycles. The second-order valence-corrected chi connectivity index (χ2v) is 6.07. The fourth-order valence-electron chi connectivity index (χ4n) is 2.22. The van der Waals surface area contributed by atoms with Gasteiger partial charge in [-0.2, -0.15) is 0 Å². The van der Waals surface area contributed by atoms with Gasteiger partial charge in [0, 0.05) is 5.41 Å². The van der Waals surface area contributed by atoms with Crippen LogP contribution in [0.1, 0.15) is 39.7 Å². The summed E-state index contributed by atoms with van der Waals surface area (Å²) in [6, 6.07) is 10.2. The molecule has 92 valence electrons. The minimum absolute atomic E-state index is 0.0177. The molecule has 1 fully saturated rings. The first kappa shape index (κ1) is 12.2. The van der Waals surface area contributed by atoms with Crippen molar-refractivity contribution in [2.75, 3.05) is 0 Å². The fourth-order valence-corrected chi connectivity index (χ4v) is 2.22. The third-order valence-corrected chi connectivity index (χ3v) is 3.36. The lowest BCUT2D eigenvalue weighted by atomic mass is 9.95. The van der Waals surface area contributed by atoms with Crippen LogP contribution >= 0.6 is 0 Å². The Labute approximate surface area is 103 Å². The maximum atomic E-state index is 12.0. The van der Waals surface area contributed by atoms with Gasteiger partial charge in [-0.15, -0.1) is 0 Å². The zero-order valence-corrected chi connectivity index (χ0v) is 11.0. The van der Waals surface area contributed by atoms with Gasteiger partial charge in [-0.3, -0.25) is 4.79 Å². The molecule has 1 aliphatic rings. The summed E-state index contributed by atoms with van der Waals surface area (Å²) in [6.07, 6.45) is 0.895. The third-order valence-electron chi connectivity index (χ3n) is 3.36. The molecule has 0 radical (unpaired) electrons. The van der Waals surface area contributed by atoms with Gasteiger partial charge in [0.2, 0.25) is 0 Å². The molecule has 2 atom stereocenters. The molecule has 1 aliphatic carbocycles. The van der Waals surface area contributed by atoms with Crippen molar-refractivity contribution in [3.63, 3.8) is 0 Å². The van der Waals surface area contributed by atoms with Crippen LogP contribution < -0.4 is 0 Å². The van der Waals surface area contributed by atoms with E-state index in [0.29, 0.717) is 0 Å². The van der Waals surface area contributed by atoms with Gasteiger partial charge in [-0.1, -0.05) is 37.3 Å². The minimum Gasteiger partial charge on any atom is -0.460 e. The molecule has 0 spiro atoms. The first-order valence-corrected chi connectivity index (χ1v) is 6.11. The number of hydrogen-bond donors (Lipinski definition) is 0. The van der Waals surface area contributed by atoms with Crippen LogP contribution in [0.5, 0.6) is 0 Å². The monoisotopic (exact) mass is 232 g/mol. The molecule has 0 heterocycles. The van der Waals surface area contributed by atoms with E-state index in [9.17, 15) is 4.79 Å². The van der Waals surface area contributed by atoms with Gasteiger partial charge in [0.05, 0.1) is 5.92 Å².